The number of methoxy groups -OCH3 is 1. The Morgan fingerprint density at radius 1 is 1.25 bits per heavy atom. The van der Waals surface area contributed by atoms with Gasteiger partial charge in [0, 0.05) is 28.0 Å². The van der Waals surface area contributed by atoms with Gasteiger partial charge in [0.25, 0.3) is 5.91 Å². The molecule has 5 heteroatoms. The Balaban J connectivity index is 2.15. The van der Waals surface area contributed by atoms with Crippen molar-refractivity contribution in [3.8, 4) is 16.9 Å². The highest BCUT2D eigenvalue weighted by Crippen LogP contribution is 2.36. The maximum atomic E-state index is 12.6. The molecule has 0 aliphatic heterocycles. The Kier molecular flexibility index (Phi) is 4.71. The van der Waals surface area contributed by atoms with Gasteiger partial charge in [-0.15, -0.1) is 0 Å². The van der Waals surface area contributed by atoms with Gasteiger partial charge in [0.15, 0.2) is 0 Å². The number of hydrogen-bond donors (Lipinski definition) is 1. The van der Waals surface area contributed by atoms with E-state index in [2.05, 4.69) is 27.8 Å². The zero-order chi connectivity index (χ0) is 17.1. The number of carbonyl (C=O) groups excluding carboxylic acids is 1. The summed E-state index contributed by atoms with van der Waals surface area (Å²) in [5, 5.41) is 3.65. The molecular formula is C19H16BrNO3. The molecule has 0 saturated carbocycles. The lowest BCUT2D eigenvalue weighted by atomic mass is 10.0. The van der Waals surface area contributed by atoms with Crippen molar-refractivity contribution in [3.63, 3.8) is 0 Å². The van der Waals surface area contributed by atoms with Gasteiger partial charge >= 0.3 is 0 Å². The third-order valence-corrected chi connectivity index (χ3v) is 3.89. The van der Waals surface area contributed by atoms with Crippen molar-refractivity contribution in [1.82, 2.24) is 5.32 Å². The first kappa shape index (κ1) is 16.3. The molecule has 0 unspecified atom stereocenters. The van der Waals surface area contributed by atoms with E-state index in [4.69, 9.17) is 9.15 Å². The Morgan fingerprint density at radius 3 is 2.67 bits per heavy atom. The molecule has 0 fully saturated rings. The van der Waals surface area contributed by atoms with Crippen molar-refractivity contribution in [2.24, 2.45) is 0 Å². The van der Waals surface area contributed by atoms with Crippen LogP contribution >= 0.6 is 15.9 Å². The third kappa shape index (κ3) is 3.21. The van der Waals surface area contributed by atoms with Crippen LogP contribution in [0.4, 0.5) is 0 Å². The smallest absolute Gasteiger partial charge is 0.287 e. The van der Waals surface area contributed by atoms with E-state index in [0.29, 0.717) is 22.4 Å². The van der Waals surface area contributed by atoms with Crippen LogP contribution in [0.3, 0.4) is 0 Å². The van der Waals surface area contributed by atoms with E-state index in [-0.39, 0.29) is 11.7 Å². The van der Waals surface area contributed by atoms with Crippen LogP contribution < -0.4 is 10.1 Å². The predicted molar refractivity (Wildman–Crippen MR) is 98.6 cm³/mol. The number of halogens is 1. The van der Waals surface area contributed by atoms with Crippen LogP contribution in [0, 0.1) is 0 Å². The van der Waals surface area contributed by atoms with Crippen LogP contribution in [-0.2, 0) is 0 Å². The lowest BCUT2D eigenvalue weighted by molar-refractivity contribution is 0.0933. The second kappa shape index (κ2) is 6.93. The molecule has 0 saturated heterocycles. The predicted octanol–water partition coefficient (Wildman–Crippen LogP) is 4.75. The Hall–Kier alpha value is -2.53. The van der Waals surface area contributed by atoms with Crippen LogP contribution in [0.15, 0.2) is 64.0 Å². The minimum atomic E-state index is -0.287. The Morgan fingerprint density at radius 2 is 2.00 bits per heavy atom. The van der Waals surface area contributed by atoms with E-state index < -0.39 is 0 Å². The largest absolute Gasteiger partial charge is 0.497 e. The summed E-state index contributed by atoms with van der Waals surface area (Å²) < 4.78 is 11.8. The van der Waals surface area contributed by atoms with Gasteiger partial charge in [-0.2, -0.15) is 0 Å². The maximum Gasteiger partial charge on any atom is 0.287 e. The molecule has 0 radical (unpaired) electrons. The highest BCUT2D eigenvalue weighted by molar-refractivity contribution is 9.11. The van der Waals surface area contributed by atoms with Gasteiger partial charge in [-0.05, 0) is 17.7 Å². The summed E-state index contributed by atoms with van der Waals surface area (Å²) >= 11 is 3.24. The summed E-state index contributed by atoms with van der Waals surface area (Å²) in [5.74, 6) is 0.666. The van der Waals surface area contributed by atoms with Crippen molar-refractivity contribution in [2.45, 2.75) is 0 Å². The van der Waals surface area contributed by atoms with E-state index in [0.717, 1.165) is 16.5 Å². The van der Waals surface area contributed by atoms with Crippen LogP contribution in [0.1, 0.15) is 10.6 Å². The van der Waals surface area contributed by atoms with E-state index >= 15 is 0 Å². The molecule has 0 aliphatic carbocycles. The van der Waals surface area contributed by atoms with Crippen LogP contribution in [0.2, 0.25) is 0 Å². The number of fused-ring (bicyclic) bond motifs is 1. The minimum absolute atomic E-state index is 0.276. The van der Waals surface area contributed by atoms with Crippen molar-refractivity contribution in [3.05, 3.63) is 65.4 Å². The van der Waals surface area contributed by atoms with E-state index in [1.54, 1.807) is 13.2 Å². The molecule has 1 N–H and O–H groups in total. The molecule has 3 aromatic rings. The molecule has 0 bridgehead atoms. The molecule has 4 nitrogen and oxygen atoms in total. The summed E-state index contributed by atoms with van der Waals surface area (Å²) in [7, 11) is 1.59. The quantitative estimate of drug-likeness (QED) is 0.689. The number of rotatable bonds is 5. The fourth-order valence-corrected chi connectivity index (χ4v) is 2.65. The van der Waals surface area contributed by atoms with Crippen LogP contribution in [0.5, 0.6) is 5.75 Å². The van der Waals surface area contributed by atoms with Gasteiger partial charge in [-0.1, -0.05) is 52.8 Å². The number of carbonyl (C=O) groups is 1. The first-order valence-electron chi connectivity index (χ1n) is 7.37. The van der Waals surface area contributed by atoms with Crippen molar-refractivity contribution >= 4 is 32.8 Å². The maximum absolute atomic E-state index is 12.6. The molecule has 1 heterocycles. The standard InChI is InChI=1S/C19H16BrNO3/c1-12(20)11-21-19(22)18-17(13-6-4-3-5-7-13)15-9-8-14(23-2)10-16(15)24-18/h3-10H,1,11H2,2H3,(H,21,22). The molecule has 0 spiro atoms. The normalized spacial score (nSPS) is 10.6. The van der Waals surface area contributed by atoms with Crippen LogP contribution in [0.25, 0.3) is 22.1 Å². The first-order chi connectivity index (χ1) is 11.6. The molecular weight excluding hydrogens is 370 g/mol. The van der Waals surface area contributed by atoms with Gasteiger partial charge < -0.3 is 14.5 Å². The molecule has 0 aliphatic rings. The molecule has 3 rings (SSSR count). The average molecular weight is 386 g/mol. The topological polar surface area (TPSA) is 51.5 Å². The Labute approximate surface area is 148 Å². The summed E-state index contributed by atoms with van der Waals surface area (Å²) in [6.07, 6.45) is 0. The monoisotopic (exact) mass is 385 g/mol. The van der Waals surface area contributed by atoms with Gasteiger partial charge in [0.1, 0.15) is 11.3 Å². The van der Waals surface area contributed by atoms with Gasteiger partial charge in [-0.3, -0.25) is 4.79 Å². The minimum Gasteiger partial charge on any atom is -0.497 e. The summed E-state index contributed by atoms with van der Waals surface area (Å²) in [4.78, 5) is 12.6. The van der Waals surface area contributed by atoms with Crippen molar-refractivity contribution in [1.29, 1.82) is 0 Å². The molecule has 2 aromatic carbocycles. The number of ether oxygens (including phenoxy) is 1. The number of amides is 1. The highest BCUT2D eigenvalue weighted by Gasteiger charge is 2.22. The second-order valence-corrected chi connectivity index (χ2v) is 6.36. The lowest BCUT2D eigenvalue weighted by Gasteiger charge is -2.05. The average Bonchev–Trinajstić information content (AvgIpc) is 2.98. The first-order valence-corrected chi connectivity index (χ1v) is 8.17. The fourth-order valence-electron chi connectivity index (χ4n) is 2.51. The van der Waals surface area contributed by atoms with E-state index in [1.807, 2.05) is 42.5 Å². The SMILES string of the molecule is C=C(Br)CNC(=O)c1oc2cc(OC)ccc2c1-c1ccccc1. The molecule has 24 heavy (non-hydrogen) atoms. The fraction of sp³-hybridized carbons (Fsp3) is 0.105. The molecule has 1 aromatic heterocycles. The number of furan rings is 1. The zero-order valence-corrected chi connectivity index (χ0v) is 14.7. The summed E-state index contributed by atoms with van der Waals surface area (Å²) in [5.41, 5.74) is 2.30. The van der Waals surface area contributed by atoms with Gasteiger partial charge in [0.2, 0.25) is 5.76 Å². The van der Waals surface area contributed by atoms with Crippen molar-refractivity contribution in [2.75, 3.05) is 13.7 Å². The molecule has 122 valence electrons. The van der Waals surface area contributed by atoms with E-state index in [1.165, 1.54) is 0 Å². The van der Waals surface area contributed by atoms with Crippen molar-refractivity contribution < 1.29 is 13.9 Å². The van der Waals surface area contributed by atoms with Crippen LogP contribution in [-0.4, -0.2) is 19.6 Å². The number of nitrogens with one attached hydrogen (secondary N) is 1. The number of hydrogen-bond acceptors (Lipinski definition) is 3. The Bertz CT molecular complexity index is 900. The summed E-state index contributed by atoms with van der Waals surface area (Å²) in [6.45, 7) is 4.05. The third-order valence-electron chi connectivity index (χ3n) is 3.61. The second-order valence-electron chi connectivity index (χ2n) is 5.23. The molecule has 0 atom stereocenters. The molecule has 1 amide bonds. The number of benzene rings is 2. The van der Waals surface area contributed by atoms with E-state index in [9.17, 15) is 4.79 Å². The summed E-state index contributed by atoms with van der Waals surface area (Å²) in [6, 6.07) is 15.2. The highest BCUT2D eigenvalue weighted by atomic mass is 79.9. The zero-order valence-electron chi connectivity index (χ0n) is 13.1. The van der Waals surface area contributed by atoms with Gasteiger partial charge in [-0.25, -0.2) is 0 Å². The lowest BCUT2D eigenvalue weighted by Crippen LogP contribution is -2.24. The van der Waals surface area contributed by atoms with Gasteiger partial charge in [0.05, 0.1) is 7.11 Å².